The lowest BCUT2D eigenvalue weighted by atomic mass is 10.2. The van der Waals surface area contributed by atoms with E-state index in [0.717, 1.165) is 47.6 Å². The van der Waals surface area contributed by atoms with E-state index in [0.29, 0.717) is 13.0 Å². The zero-order chi connectivity index (χ0) is 17.8. The SMILES string of the molecule is O=C(CCCc1cccs1)N(C[C@@H]1CCCO1)c1nc2ccccc2s1. The first-order valence-corrected chi connectivity index (χ1v) is 10.8. The highest BCUT2D eigenvalue weighted by atomic mass is 32.1. The number of hydrogen-bond acceptors (Lipinski definition) is 5. The van der Waals surface area contributed by atoms with E-state index < -0.39 is 0 Å². The number of thiazole rings is 1. The highest BCUT2D eigenvalue weighted by molar-refractivity contribution is 7.22. The Morgan fingerprint density at radius 1 is 1.27 bits per heavy atom. The Labute approximate surface area is 161 Å². The minimum atomic E-state index is 0.128. The van der Waals surface area contributed by atoms with Gasteiger partial charge in [-0.25, -0.2) is 4.98 Å². The van der Waals surface area contributed by atoms with E-state index in [-0.39, 0.29) is 12.0 Å². The van der Waals surface area contributed by atoms with E-state index in [9.17, 15) is 4.79 Å². The highest BCUT2D eigenvalue weighted by Crippen LogP contribution is 2.30. The molecule has 136 valence electrons. The number of para-hydroxylation sites is 1. The summed E-state index contributed by atoms with van der Waals surface area (Å²) >= 11 is 3.34. The Morgan fingerprint density at radius 2 is 2.19 bits per heavy atom. The maximum atomic E-state index is 13.0. The topological polar surface area (TPSA) is 42.4 Å². The van der Waals surface area contributed by atoms with Gasteiger partial charge in [-0.05, 0) is 49.3 Å². The first kappa shape index (κ1) is 17.6. The van der Waals surface area contributed by atoms with Crippen LogP contribution in [-0.4, -0.2) is 30.1 Å². The number of carbonyl (C=O) groups is 1. The number of aromatic nitrogens is 1. The number of ether oxygens (including phenoxy) is 1. The number of carbonyl (C=O) groups excluding carboxylic acids is 1. The predicted octanol–water partition coefficient (Wildman–Crippen LogP) is 4.89. The Bertz CT molecular complexity index is 821. The van der Waals surface area contributed by atoms with Gasteiger partial charge in [-0.3, -0.25) is 9.69 Å². The zero-order valence-electron chi connectivity index (χ0n) is 14.6. The molecule has 1 aromatic carbocycles. The van der Waals surface area contributed by atoms with E-state index in [1.54, 1.807) is 22.7 Å². The molecule has 2 aromatic heterocycles. The number of anilines is 1. The van der Waals surface area contributed by atoms with Crippen molar-refractivity contribution in [3.8, 4) is 0 Å². The second kappa shape index (κ2) is 8.29. The summed E-state index contributed by atoms with van der Waals surface area (Å²) in [6.07, 6.45) is 4.58. The molecule has 0 radical (unpaired) electrons. The molecule has 4 rings (SSSR count). The molecule has 3 aromatic rings. The molecule has 0 unspecified atom stereocenters. The summed E-state index contributed by atoms with van der Waals surface area (Å²) in [5.41, 5.74) is 0.955. The lowest BCUT2D eigenvalue weighted by Gasteiger charge is -2.23. The predicted molar refractivity (Wildman–Crippen MR) is 108 cm³/mol. The average Bonchev–Trinajstić information content (AvgIpc) is 3.40. The van der Waals surface area contributed by atoms with Crippen LogP contribution in [0, 0.1) is 0 Å². The average molecular weight is 387 g/mol. The number of hydrogen-bond donors (Lipinski definition) is 0. The third-order valence-corrected chi connectivity index (χ3v) is 6.61. The summed E-state index contributed by atoms with van der Waals surface area (Å²) in [4.78, 5) is 20.9. The molecule has 1 aliphatic rings. The smallest absolute Gasteiger partial charge is 0.228 e. The molecule has 26 heavy (non-hydrogen) atoms. The van der Waals surface area contributed by atoms with Crippen molar-refractivity contribution in [2.45, 2.75) is 38.2 Å². The van der Waals surface area contributed by atoms with Gasteiger partial charge in [0, 0.05) is 17.9 Å². The molecule has 0 spiro atoms. The van der Waals surface area contributed by atoms with Crippen LogP contribution in [0.5, 0.6) is 0 Å². The maximum Gasteiger partial charge on any atom is 0.228 e. The Kier molecular flexibility index (Phi) is 5.62. The van der Waals surface area contributed by atoms with Crippen LogP contribution in [-0.2, 0) is 16.0 Å². The molecule has 6 heteroatoms. The molecule has 0 saturated carbocycles. The Morgan fingerprint density at radius 3 is 2.96 bits per heavy atom. The lowest BCUT2D eigenvalue weighted by Crippen LogP contribution is -2.37. The van der Waals surface area contributed by atoms with E-state index in [1.807, 2.05) is 23.1 Å². The number of fused-ring (bicyclic) bond motifs is 1. The van der Waals surface area contributed by atoms with Gasteiger partial charge in [-0.2, -0.15) is 0 Å². The number of benzene rings is 1. The number of thiophene rings is 1. The summed E-state index contributed by atoms with van der Waals surface area (Å²) in [5.74, 6) is 0.149. The van der Waals surface area contributed by atoms with Gasteiger partial charge in [-0.15, -0.1) is 11.3 Å². The zero-order valence-corrected chi connectivity index (χ0v) is 16.2. The third kappa shape index (κ3) is 4.14. The fourth-order valence-corrected chi connectivity index (χ4v) is 5.00. The fourth-order valence-electron chi connectivity index (χ4n) is 3.26. The number of amides is 1. The molecule has 0 aliphatic carbocycles. The van der Waals surface area contributed by atoms with Gasteiger partial charge < -0.3 is 4.74 Å². The van der Waals surface area contributed by atoms with Crippen LogP contribution in [0.25, 0.3) is 10.2 Å². The van der Waals surface area contributed by atoms with Crippen molar-refractivity contribution in [1.82, 2.24) is 4.98 Å². The summed E-state index contributed by atoms with van der Waals surface area (Å²) in [6.45, 7) is 1.41. The van der Waals surface area contributed by atoms with Crippen LogP contribution in [0.15, 0.2) is 41.8 Å². The van der Waals surface area contributed by atoms with Crippen molar-refractivity contribution in [2.24, 2.45) is 0 Å². The molecular formula is C20H22N2O2S2. The van der Waals surface area contributed by atoms with Gasteiger partial charge >= 0.3 is 0 Å². The van der Waals surface area contributed by atoms with Crippen LogP contribution >= 0.6 is 22.7 Å². The molecule has 0 bridgehead atoms. The van der Waals surface area contributed by atoms with Crippen molar-refractivity contribution in [3.63, 3.8) is 0 Å². The Hall–Kier alpha value is -1.76. The molecule has 3 heterocycles. The van der Waals surface area contributed by atoms with Gasteiger partial charge in [-0.1, -0.05) is 29.5 Å². The highest BCUT2D eigenvalue weighted by Gasteiger charge is 2.25. The second-order valence-corrected chi connectivity index (χ2v) is 8.58. The molecular weight excluding hydrogens is 364 g/mol. The standard InChI is InChI=1S/C20H22N2O2S2/c23-19(11-3-7-16-8-5-13-25-16)22(14-15-6-4-12-24-15)20-21-17-9-1-2-10-18(17)26-20/h1-2,5,8-10,13,15H,3-4,6-7,11-12,14H2/t15-/m0/s1. The van der Waals surface area contributed by atoms with Crippen molar-refractivity contribution in [3.05, 3.63) is 46.7 Å². The van der Waals surface area contributed by atoms with Crippen LogP contribution in [0.4, 0.5) is 5.13 Å². The lowest BCUT2D eigenvalue weighted by molar-refractivity contribution is -0.119. The van der Waals surface area contributed by atoms with Gasteiger partial charge in [0.15, 0.2) is 5.13 Å². The number of aryl methyl sites for hydroxylation is 1. The summed E-state index contributed by atoms with van der Waals surface area (Å²) in [7, 11) is 0. The normalized spacial score (nSPS) is 17.0. The quantitative estimate of drug-likeness (QED) is 0.580. The van der Waals surface area contributed by atoms with E-state index in [1.165, 1.54) is 4.88 Å². The van der Waals surface area contributed by atoms with Gasteiger partial charge in [0.05, 0.1) is 22.9 Å². The van der Waals surface area contributed by atoms with E-state index in [2.05, 4.69) is 23.6 Å². The molecule has 4 nitrogen and oxygen atoms in total. The number of nitrogens with zero attached hydrogens (tertiary/aromatic N) is 2. The van der Waals surface area contributed by atoms with Crippen molar-refractivity contribution in [1.29, 1.82) is 0 Å². The second-order valence-electron chi connectivity index (χ2n) is 6.54. The summed E-state index contributed by atoms with van der Waals surface area (Å²) < 4.78 is 6.89. The largest absolute Gasteiger partial charge is 0.376 e. The maximum absolute atomic E-state index is 13.0. The molecule has 1 aliphatic heterocycles. The number of rotatable bonds is 7. The van der Waals surface area contributed by atoms with Gasteiger partial charge in [0.2, 0.25) is 5.91 Å². The molecule has 0 N–H and O–H groups in total. The van der Waals surface area contributed by atoms with Crippen LogP contribution in [0.3, 0.4) is 0 Å². The van der Waals surface area contributed by atoms with Crippen LogP contribution < -0.4 is 4.90 Å². The van der Waals surface area contributed by atoms with Crippen LogP contribution in [0.1, 0.15) is 30.6 Å². The summed E-state index contributed by atoms with van der Waals surface area (Å²) in [6, 6.07) is 12.2. The minimum absolute atomic E-state index is 0.128. The summed E-state index contributed by atoms with van der Waals surface area (Å²) in [5, 5.41) is 2.88. The van der Waals surface area contributed by atoms with Gasteiger partial charge in [0.25, 0.3) is 0 Å². The molecule has 1 atom stereocenters. The van der Waals surface area contributed by atoms with Crippen LogP contribution in [0.2, 0.25) is 0 Å². The monoisotopic (exact) mass is 386 g/mol. The van der Waals surface area contributed by atoms with Crippen molar-refractivity contribution in [2.75, 3.05) is 18.1 Å². The molecule has 1 fully saturated rings. The first-order chi connectivity index (χ1) is 12.8. The Balaban J connectivity index is 1.48. The van der Waals surface area contributed by atoms with Crippen molar-refractivity contribution < 1.29 is 9.53 Å². The third-order valence-electron chi connectivity index (χ3n) is 4.62. The van der Waals surface area contributed by atoms with E-state index in [4.69, 9.17) is 9.72 Å². The van der Waals surface area contributed by atoms with Crippen molar-refractivity contribution >= 4 is 43.9 Å². The first-order valence-electron chi connectivity index (χ1n) is 9.09. The molecule has 1 saturated heterocycles. The van der Waals surface area contributed by atoms with E-state index >= 15 is 0 Å². The van der Waals surface area contributed by atoms with Gasteiger partial charge in [0.1, 0.15) is 0 Å². The minimum Gasteiger partial charge on any atom is -0.376 e. The molecule has 1 amide bonds. The fraction of sp³-hybridized carbons (Fsp3) is 0.400.